The Labute approximate surface area is 194 Å². The van der Waals surface area contributed by atoms with Crippen LogP contribution in [0.15, 0.2) is 66.9 Å². The molecule has 4 rings (SSSR count). The van der Waals surface area contributed by atoms with Gasteiger partial charge in [0, 0.05) is 36.4 Å². The van der Waals surface area contributed by atoms with Gasteiger partial charge in [0.15, 0.2) is 6.23 Å². The van der Waals surface area contributed by atoms with Crippen molar-refractivity contribution in [1.29, 1.82) is 0 Å². The largest absolute Gasteiger partial charge is 0.470 e. The average molecular weight is 449 g/mol. The molecule has 1 aliphatic heterocycles. The molecular weight excluding hydrogens is 419 g/mol. The number of halogens is 1. The van der Waals surface area contributed by atoms with Crippen molar-refractivity contribution >= 4 is 6.09 Å². The summed E-state index contributed by atoms with van der Waals surface area (Å²) in [5.74, 6) is 0.00267. The van der Waals surface area contributed by atoms with Crippen molar-refractivity contribution in [3.05, 3.63) is 72.7 Å². The Kier molecular flexibility index (Phi) is 6.63. The third-order valence-electron chi connectivity index (χ3n) is 5.42. The summed E-state index contributed by atoms with van der Waals surface area (Å²) in [6.45, 7) is 6.06. The number of benzene rings is 2. The van der Waals surface area contributed by atoms with Gasteiger partial charge >= 0.3 is 6.09 Å². The molecule has 3 aromatic rings. The minimum atomic E-state index is -0.587. The second-order valence-electron chi connectivity index (χ2n) is 9.18. The Hall–Kier alpha value is -3.41. The number of rotatable bonds is 4. The van der Waals surface area contributed by atoms with Gasteiger partial charge in [-0.15, -0.1) is 0 Å². The molecule has 1 unspecified atom stereocenters. The minimum absolute atomic E-state index is 0.384. The van der Waals surface area contributed by atoms with Gasteiger partial charge in [-0.25, -0.2) is 9.18 Å². The summed E-state index contributed by atoms with van der Waals surface area (Å²) in [6, 6.07) is 18.2. The summed E-state index contributed by atoms with van der Waals surface area (Å²) < 4.78 is 26.7. The predicted octanol–water partition coefficient (Wildman–Crippen LogP) is 6.68. The molecule has 1 aliphatic rings. The highest BCUT2D eigenvalue weighted by atomic mass is 19.1. The van der Waals surface area contributed by atoms with Crippen LogP contribution in [0.1, 0.15) is 40.0 Å². The van der Waals surface area contributed by atoms with Crippen LogP contribution >= 0.6 is 0 Å². The molecule has 0 saturated carbocycles. The van der Waals surface area contributed by atoms with E-state index in [4.69, 9.17) is 9.47 Å². The number of amides is 1. The molecule has 1 aromatic heterocycles. The molecule has 0 radical (unpaired) electrons. The van der Waals surface area contributed by atoms with E-state index in [2.05, 4.69) is 4.98 Å². The summed E-state index contributed by atoms with van der Waals surface area (Å²) in [7, 11) is 0. The Bertz CT molecular complexity index is 1110. The molecule has 0 N–H and O–H groups in total. The number of aromatic nitrogens is 1. The first-order chi connectivity index (χ1) is 15.8. The monoisotopic (exact) mass is 448 g/mol. The topological polar surface area (TPSA) is 51.7 Å². The molecule has 5 nitrogen and oxygen atoms in total. The van der Waals surface area contributed by atoms with Crippen LogP contribution in [0.2, 0.25) is 0 Å². The van der Waals surface area contributed by atoms with Gasteiger partial charge in [0.05, 0.1) is 5.69 Å². The summed E-state index contributed by atoms with van der Waals surface area (Å²) in [5.41, 5.74) is 2.40. The van der Waals surface area contributed by atoms with Crippen molar-refractivity contribution in [2.75, 3.05) is 6.54 Å². The fraction of sp³-hybridized carbons (Fsp3) is 0.333. The van der Waals surface area contributed by atoms with E-state index in [1.807, 2.05) is 63.2 Å². The van der Waals surface area contributed by atoms with Gasteiger partial charge < -0.3 is 9.47 Å². The third kappa shape index (κ3) is 5.69. The highest BCUT2D eigenvalue weighted by Crippen LogP contribution is 2.31. The lowest BCUT2D eigenvalue weighted by Gasteiger charge is -2.36. The first-order valence-corrected chi connectivity index (χ1v) is 11.3. The van der Waals surface area contributed by atoms with E-state index < -0.39 is 17.9 Å². The van der Waals surface area contributed by atoms with E-state index in [1.54, 1.807) is 23.2 Å². The molecule has 1 saturated heterocycles. The summed E-state index contributed by atoms with van der Waals surface area (Å²) in [6.07, 6.45) is 3.35. The van der Waals surface area contributed by atoms with E-state index in [-0.39, 0.29) is 5.82 Å². The van der Waals surface area contributed by atoms with E-state index in [0.29, 0.717) is 24.3 Å². The van der Waals surface area contributed by atoms with E-state index in [9.17, 15) is 4.79 Å². The van der Waals surface area contributed by atoms with Gasteiger partial charge in [0.2, 0.25) is 0 Å². The van der Waals surface area contributed by atoms with Crippen LogP contribution in [0.5, 0.6) is 5.75 Å². The molecule has 0 spiro atoms. The van der Waals surface area contributed by atoms with Crippen LogP contribution < -0.4 is 4.74 Å². The predicted molar refractivity (Wildman–Crippen MR) is 126 cm³/mol. The molecule has 0 bridgehead atoms. The van der Waals surface area contributed by atoms with Crippen molar-refractivity contribution in [2.45, 2.75) is 51.9 Å². The van der Waals surface area contributed by atoms with Crippen LogP contribution in [-0.2, 0) is 4.74 Å². The molecule has 1 amide bonds. The van der Waals surface area contributed by atoms with Gasteiger partial charge in [-0.1, -0.05) is 24.3 Å². The van der Waals surface area contributed by atoms with Crippen LogP contribution in [0.4, 0.5) is 9.18 Å². The van der Waals surface area contributed by atoms with Crippen molar-refractivity contribution in [3.63, 3.8) is 0 Å². The second kappa shape index (κ2) is 9.61. The third-order valence-corrected chi connectivity index (χ3v) is 5.42. The molecule has 1 atom stereocenters. The standard InChI is InChI=1S/C27H29FN2O3/c1-27(2,3)33-26(31)30-16-7-5-12-25(30)32-21-13-14-22(23(28)18-21)19-9-8-10-20(17-19)24-11-4-6-15-29-24/h4,6,8-11,13-15,17-18,25H,5,7,12,16H2,1-3H3. The van der Waals surface area contributed by atoms with E-state index in [0.717, 1.165) is 29.7 Å². The van der Waals surface area contributed by atoms with Gasteiger partial charge in [-0.05, 0) is 69.5 Å². The highest BCUT2D eigenvalue weighted by molar-refractivity contribution is 5.72. The lowest BCUT2D eigenvalue weighted by Crippen LogP contribution is -2.48. The number of piperidine rings is 1. The first-order valence-electron chi connectivity index (χ1n) is 11.3. The maximum Gasteiger partial charge on any atom is 0.413 e. The number of carbonyl (C=O) groups is 1. The smallest absolute Gasteiger partial charge is 0.413 e. The number of hydrogen-bond donors (Lipinski definition) is 0. The lowest BCUT2D eigenvalue weighted by atomic mass is 10.0. The number of pyridine rings is 1. The van der Waals surface area contributed by atoms with Gasteiger partial charge in [0.25, 0.3) is 0 Å². The molecule has 33 heavy (non-hydrogen) atoms. The SMILES string of the molecule is CC(C)(C)OC(=O)N1CCCCC1Oc1ccc(-c2cccc(-c3ccccn3)c2)c(F)c1. The van der Waals surface area contributed by atoms with Gasteiger partial charge in [0.1, 0.15) is 17.2 Å². The van der Waals surface area contributed by atoms with Crippen LogP contribution in [0.3, 0.4) is 0 Å². The molecule has 6 heteroatoms. The zero-order valence-electron chi connectivity index (χ0n) is 19.3. The molecule has 0 aliphatic carbocycles. The Morgan fingerprint density at radius 2 is 1.85 bits per heavy atom. The van der Waals surface area contributed by atoms with Gasteiger partial charge in [-0.2, -0.15) is 0 Å². The van der Waals surface area contributed by atoms with Crippen LogP contribution in [-0.4, -0.2) is 34.4 Å². The Balaban J connectivity index is 1.52. The molecule has 2 aromatic carbocycles. The van der Waals surface area contributed by atoms with E-state index >= 15 is 4.39 Å². The highest BCUT2D eigenvalue weighted by Gasteiger charge is 2.32. The van der Waals surface area contributed by atoms with Crippen molar-refractivity contribution in [2.24, 2.45) is 0 Å². The Morgan fingerprint density at radius 3 is 2.58 bits per heavy atom. The maximum absolute atomic E-state index is 15.1. The number of nitrogens with zero attached hydrogens (tertiary/aromatic N) is 2. The maximum atomic E-state index is 15.1. The zero-order chi connectivity index (χ0) is 23.4. The fourth-order valence-electron chi connectivity index (χ4n) is 3.89. The van der Waals surface area contributed by atoms with Crippen LogP contribution in [0, 0.1) is 5.82 Å². The minimum Gasteiger partial charge on any atom is -0.470 e. The molecular formula is C27H29FN2O3. The Morgan fingerprint density at radius 1 is 1.03 bits per heavy atom. The van der Waals surface area contributed by atoms with E-state index in [1.165, 1.54) is 6.07 Å². The first kappa shape index (κ1) is 22.8. The number of likely N-dealkylation sites (tertiary alicyclic amines) is 1. The lowest BCUT2D eigenvalue weighted by molar-refractivity contribution is -0.0342. The second-order valence-corrected chi connectivity index (χ2v) is 9.18. The van der Waals surface area contributed by atoms with Crippen molar-refractivity contribution < 1.29 is 18.7 Å². The number of ether oxygens (including phenoxy) is 2. The van der Waals surface area contributed by atoms with Gasteiger partial charge in [-0.3, -0.25) is 9.88 Å². The summed E-state index contributed by atoms with van der Waals surface area (Å²) >= 11 is 0. The molecule has 1 fully saturated rings. The zero-order valence-corrected chi connectivity index (χ0v) is 19.3. The normalized spacial score (nSPS) is 16.4. The number of hydrogen-bond acceptors (Lipinski definition) is 4. The quantitative estimate of drug-likeness (QED) is 0.447. The summed E-state index contributed by atoms with van der Waals surface area (Å²) in [4.78, 5) is 18.6. The molecule has 172 valence electrons. The molecule has 2 heterocycles. The fourth-order valence-corrected chi connectivity index (χ4v) is 3.89. The van der Waals surface area contributed by atoms with Crippen LogP contribution in [0.25, 0.3) is 22.4 Å². The van der Waals surface area contributed by atoms with Crippen molar-refractivity contribution in [1.82, 2.24) is 9.88 Å². The van der Waals surface area contributed by atoms with Crippen molar-refractivity contribution in [3.8, 4) is 28.1 Å². The average Bonchev–Trinajstić information content (AvgIpc) is 2.79. The summed E-state index contributed by atoms with van der Waals surface area (Å²) in [5, 5.41) is 0. The number of carbonyl (C=O) groups excluding carboxylic acids is 1.